The normalized spacial score (nSPS) is 9.60. The maximum atomic E-state index is 4.06. The van der Waals surface area contributed by atoms with E-state index < -0.39 is 0 Å². The van der Waals surface area contributed by atoms with Gasteiger partial charge in [-0.25, -0.2) is 4.80 Å². The van der Waals surface area contributed by atoms with Crippen molar-refractivity contribution in [2.24, 2.45) is 0 Å². The summed E-state index contributed by atoms with van der Waals surface area (Å²) in [6.07, 6.45) is 2.75. The van der Waals surface area contributed by atoms with Gasteiger partial charge >= 0.3 is 0 Å². The molecule has 1 radical (unpaired) electrons. The Bertz CT molecular complexity index is 195. The monoisotopic (exact) mass is 213 g/mol. The van der Waals surface area contributed by atoms with Gasteiger partial charge in [0.05, 0.1) is 6.04 Å². The van der Waals surface area contributed by atoms with Crippen LogP contribution in [0.5, 0.6) is 0 Å². The van der Waals surface area contributed by atoms with Crippen molar-refractivity contribution in [3.8, 4) is 0 Å². The van der Waals surface area contributed by atoms with Gasteiger partial charge in [-0.3, -0.25) is 0 Å². The van der Waals surface area contributed by atoms with Crippen LogP contribution in [0.3, 0.4) is 0 Å². The number of nitrogens with zero attached hydrogens (tertiary/aromatic N) is 3. The summed E-state index contributed by atoms with van der Waals surface area (Å²) in [5.74, 6) is 0. The van der Waals surface area contributed by atoms with E-state index in [0.717, 1.165) is 5.69 Å². The zero-order valence-electron chi connectivity index (χ0n) is 6.50. The summed E-state index contributed by atoms with van der Waals surface area (Å²) >= 11 is 0. The molecule has 1 rings (SSSR count). The molecule has 4 heteroatoms. The van der Waals surface area contributed by atoms with Crippen LogP contribution in [-0.4, -0.2) is 15.0 Å². The fraction of sp³-hybridized carbons (Fsp3) is 0.667. The first-order valence-electron chi connectivity index (χ1n) is 3.01. The molecule has 0 fully saturated rings. The fourth-order valence-corrected chi connectivity index (χ4v) is 0.553. The second-order valence-corrected chi connectivity index (χ2v) is 2.31. The number of hydrogen-bond acceptors (Lipinski definition) is 2. The summed E-state index contributed by atoms with van der Waals surface area (Å²) in [5.41, 5.74) is 0.851. The van der Waals surface area contributed by atoms with E-state index in [1.807, 2.05) is 20.8 Å². The molecule has 0 bridgehead atoms. The second kappa shape index (κ2) is 4.19. The van der Waals surface area contributed by atoms with Gasteiger partial charge in [0.2, 0.25) is 0 Å². The molecule has 0 atom stereocenters. The third kappa shape index (κ3) is 2.47. The molecule has 0 aromatic carbocycles. The first-order chi connectivity index (χ1) is 4.20. The van der Waals surface area contributed by atoms with Crippen molar-refractivity contribution in [3.05, 3.63) is 11.9 Å². The van der Waals surface area contributed by atoms with Crippen molar-refractivity contribution in [2.75, 3.05) is 0 Å². The van der Waals surface area contributed by atoms with Crippen molar-refractivity contribution in [2.45, 2.75) is 26.8 Å². The van der Waals surface area contributed by atoms with Crippen LogP contribution in [0.2, 0.25) is 0 Å². The molecule has 0 unspecified atom stereocenters. The van der Waals surface area contributed by atoms with E-state index in [0.29, 0.717) is 6.04 Å². The number of aromatic nitrogens is 3. The van der Waals surface area contributed by atoms with Crippen molar-refractivity contribution in [1.29, 1.82) is 0 Å². The Labute approximate surface area is 86.1 Å². The van der Waals surface area contributed by atoms with E-state index in [9.17, 15) is 0 Å². The molecule has 1 aromatic heterocycles. The SMILES string of the molecule is Cc1[c-]nn(C(C)C)n1.[Y]. The molecule has 10 heavy (non-hydrogen) atoms. The minimum Gasteiger partial charge on any atom is -0.374 e. The van der Waals surface area contributed by atoms with E-state index in [2.05, 4.69) is 16.4 Å². The number of hydrogen-bond donors (Lipinski definition) is 0. The average molecular weight is 213 g/mol. The van der Waals surface area contributed by atoms with Gasteiger partial charge in [-0.2, -0.15) is 5.10 Å². The Balaban J connectivity index is 0.000000810. The summed E-state index contributed by atoms with van der Waals surface area (Å²) < 4.78 is 0. The quantitative estimate of drug-likeness (QED) is 0.650. The van der Waals surface area contributed by atoms with Gasteiger partial charge < -0.3 is 11.3 Å². The third-order valence-electron chi connectivity index (χ3n) is 1.03. The molecule has 0 aliphatic heterocycles. The molecule has 3 nitrogen and oxygen atoms in total. The van der Waals surface area contributed by atoms with Crippen LogP contribution < -0.4 is 0 Å². The molecule has 0 spiro atoms. The molecule has 53 valence electrons. The van der Waals surface area contributed by atoms with Crippen LogP contribution in [0.4, 0.5) is 0 Å². The van der Waals surface area contributed by atoms with Crippen LogP contribution in [0.15, 0.2) is 0 Å². The molecule has 0 saturated carbocycles. The maximum absolute atomic E-state index is 4.06. The van der Waals surface area contributed by atoms with Gasteiger partial charge in [0.15, 0.2) is 0 Å². The fourth-order valence-electron chi connectivity index (χ4n) is 0.553. The topological polar surface area (TPSA) is 30.7 Å². The van der Waals surface area contributed by atoms with Crippen molar-refractivity contribution >= 4 is 0 Å². The Morgan fingerprint density at radius 1 is 1.50 bits per heavy atom. The molecule has 0 saturated heterocycles. The summed E-state index contributed by atoms with van der Waals surface area (Å²) in [5, 5.41) is 7.96. The second-order valence-electron chi connectivity index (χ2n) is 2.31. The predicted octanol–water partition coefficient (Wildman–Crippen LogP) is 0.965. The largest absolute Gasteiger partial charge is 0.374 e. The Hall–Kier alpha value is 0.244. The van der Waals surface area contributed by atoms with Gasteiger partial charge in [0.1, 0.15) is 0 Å². The zero-order chi connectivity index (χ0) is 6.85. The summed E-state index contributed by atoms with van der Waals surface area (Å²) in [6, 6.07) is 0.343. The van der Waals surface area contributed by atoms with E-state index in [1.54, 1.807) is 4.80 Å². The average Bonchev–Trinajstić information content (AvgIpc) is 2.14. The van der Waals surface area contributed by atoms with Crippen molar-refractivity contribution in [3.63, 3.8) is 0 Å². The van der Waals surface area contributed by atoms with Crippen molar-refractivity contribution < 1.29 is 32.7 Å². The van der Waals surface area contributed by atoms with Crippen LogP contribution in [0, 0.1) is 13.1 Å². The summed E-state index contributed by atoms with van der Waals surface area (Å²) in [6.45, 7) is 5.95. The first kappa shape index (κ1) is 10.2. The molecular formula is C6H10N3Y-. The molecule has 1 aromatic rings. The van der Waals surface area contributed by atoms with Crippen LogP contribution in [0.1, 0.15) is 25.6 Å². The van der Waals surface area contributed by atoms with Gasteiger partial charge in [-0.15, -0.1) is 5.69 Å². The van der Waals surface area contributed by atoms with E-state index in [1.165, 1.54) is 0 Å². The van der Waals surface area contributed by atoms with Crippen molar-refractivity contribution in [1.82, 2.24) is 15.0 Å². The smallest absolute Gasteiger partial charge is 0.0626 e. The van der Waals surface area contributed by atoms with Gasteiger partial charge in [0, 0.05) is 32.7 Å². The molecule has 0 N–H and O–H groups in total. The third-order valence-corrected chi connectivity index (χ3v) is 1.03. The van der Waals surface area contributed by atoms with E-state index in [4.69, 9.17) is 0 Å². The van der Waals surface area contributed by atoms with Gasteiger partial charge in [-0.05, 0) is 13.8 Å². The number of aryl methyl sites for hydroxylation is 1. The Morgan fingerprint density at radius 3 is 2.30 bits per heavy atom. The molecule has 0 amide bonds. The Morgan fingerprint density at radius 2 is 2.10 bits per heavy atom. The minimum absolute atomic E-state index is 0. The molecular weight excluding hydrogens is 203 g/mol. The maximum Gasteiger partial charge on any atom is 0.0626 e. The Kier molecular flexibility index (Phi) is 4.29. The predicted molar refractivity (Wildman–Crippen MR) is 34.0 cm³/mol. The summed E-state index contributed by atoms with van der Waals surface area (Å²) in [4.78, 5) is 1.65. The first-order valence-corrected chi connectivity index (χ1v) is 3.01. The van der Waals surface area contributed by atoms with Gasteiger partial charge in [-0.1, -0.05) is 6.92 Å². The zero-order valence-corrected chi connectivity index (χ0v) is 9.33. The van der Waals surface area contributed by atoms with Crippen LogP contribution >= 0.6 is 0 Å². The van der Waals surface area contributed by atoms with Crippen LogP contribution in [-0.2, 0) is 32.7 Å². The van der Waals surface area contributed by atoms with E-state index >= 15 is 0 Å². The van der Waals surface area contributed by atoms with E-state index in [-0.39, 0.29) is 32.7 Å². The number of rotatable bonds is 1. The van der Waals surface area contributed by atoms with Gasteiger partial charge in [0.25, 0.3) is 0 Å². The summed E-state index contributed by atoms with van der Waals surface area (Å²) in [7, 11) is 0. The minimum atomic E-state index is 0. The van der Waals surface area contributed by atoms with Crippen LogP contribution in [0.25, 0.3) is 0 Å². The molecule has 1 heterocycles. The molecule has 0 aliphatic rings. The standard InChI is InChI=1S/C6H10N3.Y/c1-5(2)9-7-4-6(3)8-9;/h5H,1-3H3;/q-1;. The molecule has 0 aliphatic carbocycles.